The number of nitrogens with one attached hydrogen (secondary N) is 2. The molecule has 5 nitrogen and oxygen atoms in total. The lowest BCUT2D eigenvalue weighted by Crippen LogP contribution is -2.28. The summed E-state index contributed by atoms with van der Waals surface area (Å²) in [5.41, 5.74) is 0.656. The summed E-state index contributed by atoms with van der Waals surface area (Å²) in [5, 5.41) is 23.2. The number of aliphatic hydroxyl groups excluding tert-OH is 1. The summed E-state index contributed by atoms with van der Waals surface area (Å²) in [4.78, 5) is 0. The van der Waals surface area contributed by atoms with Gasteiger partial charge in [0.05, 0.1) is 12.3 Å². The van der Waals surface area contributed by atoms with E-state index in [1.807, 2.05) is 0 Å². The van der Waals surface area contributed by atoms with Crippen LogP contribution in [0, 0.1) is 5.92 Å². The number of rotatable bonds is 3. The highest BCUT2D eigenvalue weighted by Gasteiger charge is 2.19. The second kappa shape index (κ2) is 4.52. The summed E-state index contributed by atoms with van der Waals surface area (Å²) in [7, 11) is 0. The van der Waals surface area contributed by atoms with Crippen molar-refractivity contribution < 1.29 is 5.11 Å². The number of hydrogen-bond acceptors (Lipinski definition) is 4. The summed E-state index contributed by atoms with van der Waals surface area (Å²) in [6.07, 6.45) is 4.22. The number of aliphatic hydroxyl groups is 1. The molecule has 1 saturated heterocycles. The first-order valence-electron chi connectivity index (χ1n) is 5.10. The lowest BCUT2D eigenvalue weighted by molar-refractivity contribution is 0.129. The maximum Gasteiger partial charge on any atom is 0.111 e. The Morgan fingerprint density at radius 3 is 2.93 bits per heavy atom. The molecule has 5 heteroatoms. The predicted molar refractivity (Wildman–Crippen MR) is 51.6 cm³/mol. The van der Waals surface area contributed by atoms with Gasteiger partial charge < -0.3 is 10.4 Å². The third-order valence-electron chi connectivity index (χ3n) is 2.79. The Labute approximate surface area is 82.9 Å². The van der Waals surface area contributed by atoms with Crippen LogP contribution in [0.4, 0.5) is 0 Å². The first-order valence-corrected chi connectivity index (χ1v) is 5.10. The fraction of sp³-hybridized carbons (Fsp3) is 0.778. The molecular formula is C9H16N4O. The number of nitrogens with zero attached hydrogens (tertiary/aromatic N) is 2. The van der Waals surface area contributed by atoms with Crippen LogP contribution in [0.5, 0.6) is 0 Å². The zero-order valence-corrected chi connectivity index (χ0v) is 8.11. The van der Waals surface area contributed by atoms with E-state index in [-0.39, 0.29) is 0 Å². The number of aromatic amines is 1. The average molecular weight is 196 g/mol. The van der Waals surface area contributed by atoms with E-state index in [4.69, 9.17) is 0 Å². The highest BCUT2D eigenvalue weighted by atomic mass is 16.3. The van der Waals surface area contributed by atoms with E-state index in [0.29, 0.717) is 11.6 Å². The minimum Gasteiger partial charge on any atom is -0.387 e. The fourth-order valence-corrected chi connectivity index (χ4v) is 1.92. The standard InChI is InChI=1S/C9H16N4O/c14-9(8-6-11-13-12-8)5-7-1-3-10-4-2-7/h6-7,9-10,14H,1-5H2,(H,11,12,13). The van der Waals surface area contributed by atoms with Gasteiger partial charge in [-0.05, 0) is 38.3 Å². The maximum atomic E-state index is 9.82. The molecular weight excluding hydrogens is 180 g/mol. The lowest BCUT2D eigenvalue weighted by Gasteiger charge is -2.23. The number of hydrogen-bond donors (Lipinski definition) is 3. The monoisotopic (exact) mass is 196 g/mol. The Bertz CT molecular complexity index is 256. The van der Waals surface area contributed by atoms with Gasteiger partial charge in [0.1, 0.15) is 5.69 Å². The van der Waals surface area contributed by atoms with Crippen LogP contribution in [-0.4, -0.2) is 33.6 Å². The molecule has 1 aliphatic rings. The van der Waals surface area contributed by atoms with Gasteiger partial charge in [-0.3, -0.25) is 0 Å². The van der Waals surface area contributed by atoms with E-state index in [1.165, 1.54) is 0 Å². The summed E-state index contributed by atoms with van der Waals surface area (Å²) in [6.45, 7) is 2.13. The zero-order chi connectivity index (χ0) is 9.80. The van der Waals surface area contributed by atoms with Crippen molar-refractivity contribution in [3.63, 3.8) is 0 Å². The molecule has 2 heterocycles. The van der Waals surface area contributed by atoms with Gasteiger partial charge in [-0.1, -0.05) is 0 Å². The van der Waals surface area contributed by atoms with E-state index in [2.05, 4.69) is 20.7 Å². The smallest absolute Gasteiger partial charge is 0.111 e. The van der Waals surface area contributed by atoms with Crippen LogP contribution in [-0.2, 0) is 0 Å². The Morgan fingerprint density at radius 2 is 2.29 bits per heavy atom. The van der Waals surface area contributed by atoms with Crippen LogP contribution < -0.4 is 5.32 Å². The normalized spacial score (nSPS) is 20.9. The summed E-state index contributed by atoms with van der Waals surface area (Å²) in [5.74, 6) is 0.614. The van der Waals surface area contributed by atoms with Gasteiger partial charge in [-0.15, -0.1) is 0 Å². The van der Waals surface area contributed by atoms with Crippen molar-refractivity contribution in [2.24, 2.45) is 5.92 Å². The van der Waals surface area contributed by atoms with Gasteiger partial charge in [0.25, 0.3) is 0 Å². The van der Waals surface area contributed by atoms with Gasteiger partial charge in [0, 0.05) is 0 Å². The number of H-pyrrole nitrogens is 1. The Morgan fingerprint density at radius 1 is 1.50 bits per heavy atom. The molecule has 1 aromatic rings. The first-order chi connectivity index (χ1) is 6.86. The molecule has 0 saturated carbocycles. The van der Waals surface area contributed by atoms with Crippen molar-refractivity contribution in [3.05, 3.63) is 11.9 Å². The summed E-state index contributed by atoms with van der Waals surface area (Å²) < 4.78 is 0. The average Bonchev–Trinajstić information content (AvgIpc) is 2.72. The van der Waals surface area contributed by atoms with E-state index < -0.39 is 6.10 Å². The molecule has 3 N–H and O–H groups in total. The van der Waals surface area contributed by atoms with Crippen molar-refractivity contribution >= 4 is 0 Å². The predicted octanol–water partition coefficient (Wildman–Crippen LogP) is 0.228. The second-order valence-electron chi connectivity index (χ2n) is 3.84. The van der Waals surface area contributed by atoms with Crippen LogP contribution in [0.25, 0.3) is 0 Å². The third kappa shape index (κ3) is 2.30. The number of aromatic nitrogens is 3. The third-order valence-corrected chi connectivity index (χ3v) is 2.79. The Hall–Kier alpha value is -0.940. The van der Waals surface area contributed by atoms with Crippen LogP contribution in [0.1, 0.15) is 31.1 Å². The fourth-order valence-electron chi connectivity index (χ4n) is 1.92. The molecule has 0 radical (unpaired) electrons. The molecule has 1 fully saturated rings. The second-order valence-corrected chi connectivity index (χ2v) is 3.84. The molecule has 1 aliphatic heterocycles. The Balaban J connectivity index is 1.84. The minimum absolute atomic E-state index is 0.461. The molecule has 1 aromatic heterocycles. The van der Waals surface area contributed by atoms with Gasteiger partial charge in [-0.2, -0.15) is 15.4 Å². The van der Waals surface area contributed by atoms with Gasteiger partial charge >= 0.3 is 0 Å². The maximum absolute atomic E-state index is 9.82. The molecule has 0 aliphatic carbocycles. The van der Waals surface area contributed by atoms with Gasteiger partial charge in [0.15, 0.2) is 0 Å². The topological polar surface area (TPSA) is 73.8 Å². The molecule has 0 amide bonds. The van der Waals surface area contributed by atoms with E-state index in [0.717, 1.165) is 32.4 Å². The highest BCUT2D eigenvalue weighted by molar-refractivity contribution is 4.96. The molecule has 0 spiro atoms. The van der Waals surface area contributed by atoms with Crippen molar-refractivity contribution in [2.45, 2.75) is 25.4 Å². The van der Waals surface area contributed by atoms with Crippen LogP contribution in [0.3, 0.4) is 0 Å². The first kappa shape index (κ1) is 9.61. The quantitative estimate of drug-likeness (QED) is 0.647. The van der Waals surface area contributed by atoms with Crippen molar-refractivity contribution in [2.75, 3.05) is 13.1 Å². The SMILES string of the molecule is OC(CC1CCNCC1)c1cn[nH]n1. The van der Waals surface area contributed by atoms with E-state index in [1.54, 1.807) is 6.20 Å². The zero-order valence-electron chi connectivity index (χ0n) is 8.11. The highest BCUT2D eigenvalue weighted by Crippen LogP contribution is 2.24. The molecule has 78 valence electrons. The van der Waals surface area contributed by atoms with Crippen LogP contribution >= 0.6 is 0 Å². The molecule has 0 bridgehead atoms. The number of piperidine rings is 1. The lowest BCUT2D eigenvalue weighted by atomic mass is 9.91. The molecule has 14 heavy (non-hydrogen) atoms. The van der Waals surface area contributed by atoms with Crippen LogP contribution in [0.15, 0.2) is 6.20 Å². The Kier molecular flexibility index (Phi) is 3.10. The summed E-state index contributed by atoms with van der Waals surface area (Å²) in [6, 6.07) is 0. The van der Waals surface area contributed by atoms with Gasteiger partial charge in [0.2, 0.25) is 0 Å². The molecule has 0 aromatic carbocycles. The van der Waals surface area contributed by atoms with Crippen molar-refractivity contribution in [1.82, 2.24) is 20.7 Å². The van der Waals surface area contributed by atoms with E-state index in [9.17, 15) is 5.11 Å². The van der Waals surface area contributed by atoms with Crippen LogP contribution in [0.2, 0.25) is 0 Å². The molecule has 1 unspecified atom stereocenters. The molecule has 1 atom stereocenters. The minimum atomic E-state index is -0.461. The summed E-state index contributed by atoms with van der Waals surface area (Å²) >= 11 is 0. The van der Waals surface area contributed by atoms with Crippen molar-refractivity contribution in [3.8, 4) is 0 Å². The molecule has 2 rings (SSSR count). The van der Waals surface area contributed by atoms with Crippen molar-refractivity contribution in [1.29, 1.82) is 0 Å². The van der Waals surface area contributed by atoms with E-state index >= 15 is 0 Å². The van der Waals surface area contributed by atoms with Gasteiger partial charge in [-0.25, -0.2) is 0 Å². The largest absolute Gasteiger partial charge is 0.387 e.